The van der Waals surface area contributed by atoms with Crippen molar-refractivity contribution in [2.45, 2.75) is 18.8 Å². The van der Waals surface area contributed by atoms with Crippen LogP contribution in [0.3, 0.4) is 0 Å². The maximum absolute atomic E-state index is 12.6. The van der Waals surface area contributed by atoms with Crippen molar-refractivity contribution in [2.75, 3.05) is 19.7 Å². The molecule has 1 aliphatic rings. The van der Waals surface area contributed by atoms with E-state index in [2.05, 4.69) is 9.97 Å². The van der Waals surface area contributed by atoms with Gasteiger partial charge in [-0.05, 0) is 12.5 Å². The highest BCUT2D eigenvalue weighted by Crippen LogP contribution is 2.23. The molecule has 1 aromatic carbocycles. The smallest absolute Gasteiger partial charge is 0.251 e. The second-order valence-corrected chi connectivity index (χ2v) is 7.68. The lowest BCUT2D eigenvalue weighted by Gasteiger charge is -2.31. The van der Waals surface area contributed by atoms with Crippen LogP contribution in [0.4, 0.5) is 0 Å². The number of benzene rings is 1. The van der Waals surface area contributed by atoms with E-state index in [-0.39, 0.29) is 24.5 Å². The number of nitrogens with one attached hydrogen (secondary N) is 1. The summed E-state index contributed by atoms with van der Waals surface area (Å²) in [5.41, 5.74) is 0.923. The summed E-state index contributed by atoms with van der Waals surface area (Å²) in [7, 11) is -3.46. The Morgan fingerprint density at radius 2 is 2.08 bits per heavy atom. The van der Waals surface area contributed by atoms with Crippen molar-refractivity contribution in [3.63, 3.8) is 0 Å². The first-order chi connectivity index (χ1) is 11.4. The SMILES string of the molecule is Cc1nc([C@@H]2CN(S(=O)(=O)Cc3ccccc3)CCO2)cc(=O)[nH]1. The zero-order chi connectivity index (χ0) is 17.2. The number of ether oxygens (including phenoxy) is 1. The molecule has 2 heterocycles. The molecule has 0 bridgehead atoms. The van der Waals surface area contributed by atoms with E-state index in [9.17, 15) is 13.2 Å². The highest BCUT2D eigenvalue weighted by Gasteiger charge is 2.31. The van der Waals surface area contributed by atoms with Crippen LogP contribution >= 0.6 is 0 Å². The van der Waals surface area contributed by atoms with Crippen molar-refractivity contribution < 1.29 is 13.2 Å². The third kappa shape index (κ3) is 3.89. The van der Waals surface area contributed by atoms with Gasteiger partial charge in [0, 0.05) is 19.2 Å². The number of aryl methyl sites for hydroxylation is 1. The fraction of sp³-hybridized carbons (Fsp3) is 0.375. The Labute approximate surface area is 140 Å². The zero-order valence-electron chi connectivity index (χ0n) is 13.3. The number of morpholine rings is 1. The van der Waals surface area contributed by atoms with Gasteiger partial charge in [0.25, 0.3) is 5.56 Å². The second kappa shape index (κ2) is 6.84. The Morgan fingerprint density at radius 1 is 1.33 bits per heavy atom. The van der Waals surface area contributed by atoms with Crippen molar-refractivity contribution in [3.05, 3.63) is 63.8 Å². The van der Waals surface area contributed by atoms with Crippen molar-refractivity contribution in [1.82, 2.24) is 14.3 Å². The molecule has 0 aliphatic carbocycles. The molecule has 0 amide bonds. The van der Waals surface area contributed by atoms with Crippen LogP contribution in [0, 0.1) is 6.92 Å². The lowest BCUT2D eigenvalue weighted by molar-refractivity contribution is -0.00520. The first-order valence-electron chi connectivity index (χ1n) is 7.65. The van der Waals surface area contributed by atoms with Crippen LogP contribution in [0.2, 0.25) is 0 Å². The number of nitrogens with zero attached hydrogens (tertiary/aromatic N) is 2. The lowest BCUT2D eigenvalue weighted by Crippen LogP contribution is -2.43. The first-order valence-corrected chi connectivity index (χ1v) is 9.26. The molecule has 0 unspecified atom stereocenters. The van der Waals surface area contributed by atoms with Gasteiger partial charge in [-0.2, -0.15) is 4.31 Å². The van der Waals surface area contributed by atoms with Crippen LogP contribution in [0.15, 0.2) is 41.2 Å². The molecular weight excluding hydrogens is 330 g/mol. The standard InChI is InChI=1S/C16H19N3O4S/c1-12-17-14(9-16(20)18-12)15-10-19(7-8-23-15)24(21,22)11-13-5-3-2-4-6-13/h2-6,9,15H,7-8,10-11H2,1H3,(H,17,18,20)/t15-/m0/s1. The van der Waals surface area contributed by atoms with E-state index < -0.39 is 16.1 Å². The molecule has 7 nitrogen and oxygen atoms in total. The summed E-state index contributed by atoms with van der Waals surface area (Å²) in [4.78, 5) is 18.4. The number of hydrogen-bond acceptors (Lipinski definition) is 5. The summed E-state index contributed by atoms with van der Waals surface area (Å²) < 4.78 is 32.3. The van der Waals surface area contributed by atoms with Crippen molar-refractivity contribution >= 4 is 10.0 Å². The molecule has 1 aliphatic heterocycles. The quantitative estimate of drug-likeness (QED) is 0.888. The second-order valence-electron chi connectivity index (χ2n) is 5.71. The van der Waals surface area contributed by atoms with Gasteiger partial charge in [0.15, 0.2) is 0 Å². The number of sulfonamides is 1. The zero-order valence-corrected chi connectivity index (χ0v) is 14.1. The summed E-state index contributed by atoms with van der Waals surface area (Å²) in [6.07, 6.45) is -0.537. The maximum atomic E-state index is 12.6. The minimum Gasteiger partial charge on any atom is -0.369 e. The maximum Gasteiger partial charge on any atom is 0.251 e. The van der Waals surface area contributed by atoms with Gasteiger partial charge in [-0.15, -0.1) is 0 Å². The Kier molecular flexibility index (Phi) is 4.79. The van der Waals surface area contributed by atoms with Gasteiger partial charge < -0.3 is 9.72 Å². The Balaban J connectivity index is 1.78. The Morgan fingerprint density at radius 3 is 2.79 bits per heavy atom. The molecule has 24 heavy (non-hydrogen) atoms. The van der Waals surface area contributed by atoms with E-state index in [4.69, 9.17) is 4.74 Å². The molecule has 2 aromatic rings. The van der Waals surface area contributed by atoms with E-state index in [1.165, 1.54) is 10.4 Å². The minimum absolute atomic E-state index is 0.0532. The minimum atomic E-state index is -3.46. The molecule has 1 N–H and O–H groups in total. The highest BCUT2D eigenvalue weighted by molar-refractivity contribution is 7.88. The molecule has 128 valence electrons. The van der Waals surface area contributed by atoms with Crippen LogP contribution in [0.1, 0.15) is 23.2 Å². The average Bonchev–Trinajstić information content (AvgIpc) is 2.55. The number of aromatic nitrogens is 2. The van der Waals surface area contributed by atoms with E-state index in [0.717, 1.165) is 5.56 Å². The first kappa shape index (κ1) is 16.8. The van der Waals surface area contributed by atoms with E-state index in [1.807, 2.05) is 18.2 Å². The van der Waals surface area contributed by atoms with Gasteiger partial charge in [-0.1, -0.05) is 30.3 Å². The number of hydrogen-bond donors (Lipinski definition) is 1. The van der Waals surface area contributed by atoms with Crippen molar-refractivity contribution in [3.8, 4) is 0 Å². The Bertz CT molecular complexity index is 864. The monoisotopic (exact) mass is 349 g/mol. The van der Waals surface area contributed by atoms with Crippen LogP contribution < -0.4 is 5.56 Å². The fourth-order valence-corrected chi connectivity index (χ4v) is 4.21. The normalized spacial score (nSPS) is 19.3. The lowest BCUT2D eigenvalue weighted by atomic mass is 10.2. The average molecular weight is 349 g/mol. The van der Waals surface area contributed by atoms with Crippen molar-refractivity contribution in [1.29, 1.82) is 0 Å². The van der Waals surface area contributed by atoms with Crippen LogP contribution in [0.5, 0.6) is 0 Å². The van der Waals surface area contributed by atoms with Gasteiger partial charge in [0.1, 0.15) is 11.9 Å². The summed E-state index contributed by atoms with van der Waals surface area (Å²) >= 11 is 0. The molecule has 1 atom stereocenters. The van der Waals surface area contributed by atoms with E-state index >= 15 is 0 Å². The van der Waals surface area contributed by atoms with Gasteiger partial charge in [0.05, 0.1) is 18.1 Å². The van der Waals surface area contributed by atoms with Crippen LogP contribution in [-0.2, 0) is 20.5 Å². The molecule has 8 heteroatoms. The molecule has 0 saturated carbocycles. The highest BCUT2D eigenvalue weighted by atomic mass is 32.2. The molecule has 0 spiro atoms. The summed E-state index contributed by atoms with van der Waals surface area (Å²) in [5, 5.41) is 0. The molecular formula is C16H19N3O4S. The Hall–Kier alpha value is -2.03. The molecule has 1 aromatic heterocycles. The van der Waals surface area contributed by atoms with Gasteiger partial charge >= 0.3 is 0 Å². The topological polar surface area (TPSA) is 92.4 Å². The summed E-state index contributed by atoms with van der Waals surface area (Å²) in [6, 6.07) is 10.4. The van der Waals surface area contributed by atoms with Crippen LogP contribution in [0.25, 0.3) is 0 Å². The number of rotatable bonds is 4. The third-order valence-electron chi connectivity index (χ3n) is 3.82. The van der Waals surface area contributed by atoms with Crippen LogP contribution in [-0.4, -0.2) is 42.4 Å². The van der Waals surface area contributed by atoms with Gasteiger partial charge in [0.2, 0.25) is 10.0 Å². The predicted octanol–water partition coefficient (Wildman–Crippen LogP) is 0.982. The largest absolute Gasteiger partial charge is 0.369 e. The molecule has 1 fully saturated rings. The van der Waals surface area contributed by atoms with Gasteiger partial charge in [-0.25, -0.2) is 13.4 Å². The summed E-state index contributed by atoms with van der Waals surface area (Å²) in [5.74, 6) is 0.424. The van der Waals surface area contributed by atoms with Gasteiger partial charge in [-0.3, -0.25) is 4.79 Å². The van der Waals surface area contributed by atoms with Crippen molar-refractivity contribution in [2.24, 2.45) is 0 Å². The molecule has 3 rings (SSSR count). The number of aromatic amines is 1. The van der Waals surface area contributed by atoms with E-state index in [0.29, 0.717) is 18.1 Å². The molecule has 1 saturated heterocycles. The third-order valence-corrected chi connectivity index (χ3v) is 5.64. The fourth-order valence-electron chi connectivity index (χ4n) is 2.70. The van der Waals surface area contributed by atoms with E-state index in [1.54, 1.807) is 19.1 Å². The molecule has 0 radical (unpaired) electrons. The number of H-pyrrole nitrogens is 1. The summed E-state index contributed by atoms with van der Waals surface area (Å²) in [6.45, 7) is 2.41. The predicted molar refractivity (Wildman–Crippen MR) is 88.9 cm³/mol.